The molecule has 3 unspecified atom stereocenters. The van der Waals surface area contributed by atoms with Gasteiger partial charge in [0.05, 0.1) is 19.3 Å². The van der Waals surface area contributed by atoms with Gasteiger partial charge in [0.1, 0.15) is 11.6 Å². The second-order valence-electron chi connectivity index (χ2n) is 5.45. The Balaban J connectivity index is 1.94. The molecule has 8 nitrogen and oxygen atoms in total. The lowest BCUT2D eigenvalue weighted by Gasteiger charge is -2.28. The molecule has 2 aliphatic rings. The maximum absolute atomic E-state index is 12.2. The molecule has 0 aromatic carbocycles. The lowest BCUT2D eigenvalue weighted by molar-refractivity contribution is -0.141. The molecule has 8 heteroatoms. The van der Waals surface area contributed by atoms with Gasteiger partial charge in [0.25, 0.3) is 0 Å². The van der Waals surface area contributed by atoms with Crippen molar-refractivity contribution < 1.29 is 28.9 Å². The van der Waals surface area contributed by atoms with Gasteiger partial charge in [-0.05, 0) is 0 Å². The number of nitrogens with one attached hydrogen (secondary N) is 1. The van der Waals surface area contributed by atoms with Crippen LogP contribution in [0.3, 0.4) is 0 Å². The van der Waals surface area contributed by atoms with Crippen LogP contribution in [0, 0.1) is 0 Å². The molecule has 0 aromatic rings. The molecule has 2 heterocycles. The molecule has 2 fully saturated rings. The fraction of sp³-hybridized carbons (Fsp3) is 0.846. The number of hydrogen-bond donors (Lipinski definition) is 2. The first-order valence-corrected chi connectivity index (χ1v) is 6.94. The summed E-state index contributed by atoms with van der Waals surface area (Å²) in [4.78, 5) is 24.8. The Kier molecular flexibility index (Phi) is 5.02. The molecule has 21 heavy (non-hydrogen) atoms. The van der Waals surface area contributed by atoms with Crippen LogP contribution >= 0.6 is 0 Å². The second kappa shape index (κ2) is 6.59. The summed E-state index contributed by atoms with van der Waals surface area (Å²) in [7, 11) is 3.10. The van der Waals surface area contributed by atoms with Crippen LogP contribution in [-0.2, 0) is 19.0 Å². The van der Waals surface area contributed by atoms with E-state index in [0.29, 0.717) is 32.6 Å². The Labute approximate surface area is 123 Å². The maximum Gasteiger partial charge on any atom is 0.326 e. The van der Waals surface area contributed by atoms with Crippen LogP contribution in [0.5, 0.6) is 0 Å². The summed E-state index contributed by atoms with van der Waals surface area (Å²) in [5.74, 6) is -1.02. The molecule has 0 bridgehead atoms. The van der Waals surface area contributed by atoms with E-state index in [0.717, 1.165) is 0 Å². The van der Waals surface area contributed by atoms with Gasteiger partial charge in [-0.25, -0.2) is 9.59 Å². The summed E-state index contributed by atoms with van der Waals surface area (Å²) in [6.45, 7) is 1.59. The Bertz CT molecular complexity index is 396. The topological polar surface area (TPSA) is 97.3 Å². The summed E-state index contributed by atoms with van der Waals surface area (Å²) in [5, 5.41) is 12.0. The van der Waals surface area contributed by atoms with Crippen molar-refractivity contribution in [3.63, 3.8) is 0 Å². The minimum absolute atomic E-state index is 0.247. The van der Waals surface area contributed by atoms with Gasteiger partial charge in [-0.15, -0.1) is 0 Å². The highest BCUT2D eigenvalue weighted by Crippen LogP contribution is 2.23. The zero-order chi connectivity index (χ0) is 15.5. The molecule has 0 aliphatic carbocycles. The number of nitrogens with zero attached hydrogens (tertiary/aromatic N) is 1. The minimum atomic E-state index is -1.02. The van der Waals surface area contributed by atoms with E-state index in [1.165, 1.54) is 12.0 Å². The van der Waals surface area contributed by atoms with E-state index < -0.39 is 23.6 Å². The number of aliphatic carboxylic acids is 1. The van der Waals surface area contributed by atoms with E-state index in [1.54, 1.807) is 7.11 Å². The molecule has 0 aromatic heterocycles. The monoisotopic (exact) mass is 302 g/mol. The van der Waals surface area contributed by atoms with Crippen molar-refractivity contribution in [2.24, 2.45) is 0 Å². The lowest BCUT2D eigenvalue weighted by atomic mass is 10.0. The molecule has 2 rings (SSSR count). The molecular formula is C13H22N2O6. The number of methoxy groups -OCH3 is 2. The van der Waals surface area contributed by atoms with E-state index in [-0.39, 0.29) is 12.6 Å². The van der Waals surface area contributed by atoms with Gasteiger partial charge >= 0.3 is 12.0 Å². The first-order valence-electron chi connectivity index (χ1n) is 6.94. The highest BCUT2D eigenvalue weighted by atomic mass is 16.5. The van der Waals surface area contributed by atoms with Gasteiger partial charge in [0.2, 0.25) is 0 Å². The quantitative estimate of drug-likeness (QED) is 0.722. The summed E-state index contributed by atoms with van der Waals surface area (Å²) in [5.41, 5.74) is -0.519. The summed E-state index contributed by atoms with van der Waals surface area (Å²) < 4.78 is 15.9. The van der Waals surface area contributed by atoms with Crippen molar-refractivity contribution in [3.05, 3.63) is 0 Å². The number of ether oxygens (including phenoxy) is 3. The van der Waals surface area contributed by atoms with E-state index in [2.05, 4.69) is 5.32 Å². The third-order valence-electron chi connectivity index (χ3n) is 4.20. The van der Waals surface area contributed by atoms with E-state index in [9.17, 15) is 14.7 Å². The van der Waals surface area contributed by atoms with Crippen LogP contribution in [0.1, 0.15) is 12.8 Å². The number of carbonyl (C=O) groups excluding carboxylic acids is 1. The molecular weight excluding hydrogens is 280 g/mol. The number of hydrogen-bond acceptors (Lipinski definition) is 5. The smallest absolute Gasteiger partial charge is 0.326 e. The number of carbonyl (C=O) groups is 2. The number of carboxylic acid groups (broad SMARTS) is 1. The minimum Gasteiger partial charge on any atom is -0.480 e. The van der Waals surface area contributed by atoms with Crippen molar-refractivity contribution in [1.29, 1.82) is 0 Å². The van der Waals surface area contributed by atoms with Crippen LogP contribution in [0.4, 0.5) is 4.79 Å². The number of amides is 2. The molecule has 2 aliphatic heterocycles. The van der Waals surface area contributed by atoms with Gasteiger partial charge in [-0.2, -0.15) is 0 Å². The van der Waals surface area contributed by atoms with Crippen molar-refractivity contribution in [1.82, 2.24) is 10.2 Å². The Morgan fingerprint density at radius 1 is 1.48 bits per heavy atom. The standard InChI is InChI=1S/C13H22N2O6/c1-19-9-5-10(11(16)17)15(6-9)12(18)14-7-13(20-2)3-4-21-8-13/h9-10H,3-8H2,1-2H3,(H,14,18)(H,16,17). The molecule has 0 radical (unpaired) electrons. The molecule has 0 saturated carbocycles. The SMILES string of the molecule is COC1CC(C(=O)O)N(C(=O)NCC2(OC)CCOC2)C1. The molecule has 0 spiro atoms. The van der Waals surface area contributed by atoms with Gasteiger partial charge in [-0.1, -0.05) is 0 Å². The van der Waals surface area contributed by atoms with Crippen LogP contribution in [0.15, 0.2) is 0 Å². The van der Waals surface area contributed by atoms with Gasteiger partial charge in [0.15, 0.2) is 0 Å². The molecule has 2 N–H and O–H groups in total. The van der Waals surface area contributed by atoms with Crippen LogP contribution in [0.25, 0.3) is 0 Å². The van der Waals surface area contributed by atoms with Crippen molar-refractivity contribution in [2.75, 3.05) is 40.5 Å². The fourth-order valence-corrected chi connectivity index (χ4v) is 2.73. The third-order valence-corrected chi connectivity index (χ3v) is 4.20. The predicted octanol–water partition coefficient (Wildman–Crippen LogP) is -0.325. The first-order chi connectivity index (χ1) is 10.0. The first kappa shape index (κ1) is 16.0. The van der Waals surface area contributed by atoms with Crippen molar-refractivity contribution in [3.8, 4) is 0 Å². The zero-order valence-electron chi connectivity index (χ0n) is 12.3. The summed E-state index contributed by atoms with van der Waals surface area (Å²) >= 11 is 0. The van der Waals surface area contributed by atoms with E-state index in [1.807, 2.05) is 0 Å². The maximum atomic E-state index is 12.2. The van der Waals surface area contributed by atoms with Crippen LogP contribution in [0.2, 0.25) is 0 Å². The second-order valence-corrected chi connectivity index (χ2v) is 5.45. The van der Waals surface area contributed by atoms with Crippen molar-refractivity contribution >= 4 is 12.0 Å². The average Bonchev–Trinajstić information content (AvgIpc) is 3.12. The molecule has 2 amide bonds. The highest BCUT2D eigenvalue weighted by molar-refractivity contribution is 5.83. The zero-order valence-corrected chi connectivity index (χ0v) is 12.3. The number of rotatable bonds is 5. The van der Waals surface area contributed by atoms with Gasteiger partial charge in [-0.3, -0.25) is 0 Å². The Hall–Kier alpha value is -1.38. The average molecular weight is 302 g/mol. The summed E-state index contributed by atoms with van der Waals surface area (Å²) in [6, 6.07) is -1.27. The van der Waals surface area contributed by atoms with Gasteiger partial charge < -0.3 is 29.5 Å². The molecule has 3 atom stereocenters. The third kappa shape index (κ3) is 3.45. The predicted molar refractivity (Wildman–Crippen MR) is 72.1 cm³/mol. The number of likely N-dealkylation sites (tertiary alicyclic amines) is 1. The number of urea groups is 1. The van der Waals surface area contributed by atoms with Crippen LogP contribution in [-0.4, -0.2) is 80.3 Å². The van der Waals surface area contributed by atoms with E-state index >= 15 is 0 Å². The van der Waals surface area contributed by atoms with Gasteiger partial charge in [0, 0.05) is 40.2 Å². The highest BCUT2D eigenvalue weighted by Gasteiger charge is 2.41. The van der Waals surface area contributed by atoms with E-state index in [4.69, 9.17) is 14.2 Å². The van der Waals surface area contributed by atoms with Crippen LogP contribution < -0.4 is 5.32 Å². The van der Waals surface area contributed by atoms with Crippen molar-refractivity contribution in [2.45, 2.75) is 30.6 Å². The Morgan fingerprint density at radius 3 is 2.76 bits per heavy atom. The number of carboxylic acids is 1. The Morgan fingerprint density at radius 2 is 2.24 bits per heavy atom. The summed E-state index contributed by atoms with van der Waals surface area (Å²) in [6.07, 6.45) is 0.757. The fourth-order valence-electron chi connectivity index (χ4n) is 2.73. The largest absolute Gasteiger partial charge is 0.480 e. The molecule has 2 saturated heterocycles. The molecule has 120 valence electrons. The normalized spacial score (nSPS) is 32.4. The lowest BCUT2D eigenvalue weighted by Crippen LogP contribution is -2.51.